The molecule has 5 aromatic rings. The van der Waals surface area contributed by atoms with E-state index in [1.54, 1.807) is 6.20 Å². The lowest BCUT2D eigenvalue weighted by atomic mass is 9.86. The molecule has 0 amide bonds. The minimum Gasteiger partial charge on any atom is -0.258 e. The molecule has 0 N–H and O–H groups in total. The molecule has 142 valence electrons. The van der Waals surface area contributed by atoms with Crippen LogP contribution in [0.4, 0.5) is 4.39 Å². The van der Waals surface area contributed by atoms with Crippen molar-refractivity contribution in [2.24, 2.45) is 0 Å². The van der Waals surface area contributed by atoms with E-state index in [9.17, 15) is 4.39 Å². The third-order valence-corrected chi connectivity index (χ3v) is 5.24. The van der Waals surface area contributed by atoms with Gasteiger partial charge in [-0.3, -0.25) is 4.98 Å². The third kappa shape index (κ3) is 3.40. The first-order valence-corrected chi connectivity index (χ1v) is 9.37. The second kappa shape index (κ2) is 8.29. The summed E-state index contributed by atoms with van der Waals surface area (Å²) < 4.78 is 13.3. The fraction of sp³-hybridized carbons (Fsp3) is 0.0385. The van der Waals surface area contributed by atoms with Crippen molar-refractivity contribution in [3.63, 3.8) is 0 Å². The highest BCUT2D eigenvalue weighted by Gasteiger charge is 2.16. The van der Waals surface area contributed by atoms with Crippen LogP contribution < -0.4 is 0 Å². The minimum atomic E-state index is -0.564. The van der Waals surface area contributed by atoms with E-state index in [0.717, 1.165) is 21.9 Å². The van der Waals surface area contributed by atoms with Crippen molar-refractivity contribution in [2.75, 3.05) is 0 Å². The van der Waals surface area contributed by atoms with Crippen LogP contribution in [0, 0.1) is 0 Å². The Balaban J connectivity index is 0.00000205. The molecule has 0 aliphatic heterocycles. The molecule has 0 fully saturated rings. The Kier molecular flexibility index (Phi) is 5.58. The lowest BCUT2D eigenvalue weighted by Gasteiger charge is -2.17. The molecule has 0 aliphatic carbocycles. The Labute approximate surface area is 186 Å². The number of fused-ring (bicyclic) bond motifs is 2. The smallest absolute Gasteiger partial charge is 0.131 e. The monoisotopic (exact) mass is 491 g/mol. The largest absolute Gasteiger partial charge is 0.258 e. The standard InChI is InChI=1S/C26H18FN.HI/c27-17-20-16-19(14-15-28-20)26-23-12-6-4-10-21(23)25(18-8-2-1-3-9-18)22-11-5-7-13-24(22)26;/h1-16H,17H2;1H. The summed E-state index contributed by atoms with van der Waals surface area (Å²) in [4.78, 5) is 4.13. The van der Waals surface area contributed by atoms with E-state index in [1.165, 1.54) is 21.9 Å². The highest BCUT2D eigenvalue weighted by molar-refractivity contribution is 14.0. The van der Waals surface area contributed by atoms with E-state index in [-0.39, 0.29) is 24.0 Å². The highest BCUT2D eigenvalue weighted by Crippen LogP contribution is 2.43. The molecule has 5 rings (SSSR count). The van der Waals surface area contributed by atoms with Crippen LogP contribution >= 0.6 is 24.0 Å². The Morgan fingerprint density at radius 1 is 0.586 bits per heavy atom. The number of halogens is 2. The van der Waals surface area contributed by atoms with Crippen LogP contribution in [-0.4, -0.2) is 4.98 Å². The zero-order valence-corrected chi connectivity index (χ0v) is 18.0. The number of hydrogen-bond donors (Lipinski definition) is 0. The number of pyridine rings is 1. The van der Waals surface area contributed by atoms with E-state index in [2.05, 4.69) is 77.8 Å². The van der Waals surface area contributed by atoms with Crippen LogP contribution in [0.5, 0.6) is 0 Å². The van der Waals surface area contributed by atoms with Gasteiger partial charge in [0.25, 0.3) is 0 Å². The van der Waals surface area contributed by atoms with Gasteiger partial charge >= 0.3 is 0 Å². The Morgan fingerprint density at radius 2 is 1.07 bits per heavy atom. The number of hydrogen-bond acceptors (Lipinski definition) is 1. The van der Waals surface area contributed by atoms with Gasteiger partial charge in [-0.2, -0.15) is 0 Å². The van der Waals surface area contributed by atoms with Gasteiger partial charge in [0.1, 0.15) is 6.67 Å². The molecule has 0 aliphatic rings. The molecule has 0 radical (unpaired) electrons. The van der Waals surface area contributed by atoms with Crippen molar-refractivity contribution in [3.8, 4) is 22.3 Å². The molecule has 29 heavy (non-hydrogen) atoms. The lowest BCUT2D eigenvalue weighted by Crippen LogP contribution is -1.92. The van der Waals surface area contributed by atoms with Crippen molar-refractivity contribution in [1.82, 2.24) is 4.98 Å². The molecule has 0 bridgehead atoms. The second-order valence-electron chi connectivity index (χ2n) is 6.88. The fourth-order valence-corrected chi connectivity index (χ4v) is 4.06. The summed E-state index contributed by atoms with van der Waals surface area (Å²) >= 11 is 0. The van der Waals surface area contributed by atoms with E-state index < -0.39 is 6.67 Å². The van der Waals surface area contributed by atoms with E-state index >= 15 is 0 Å². The Morgan fingerprint density at radius 3 is 1.59 bits per heavy atom. The molecule has 0 saturated carbocycles. The Bertz CT molecular complexity index is 1240. The Hall–Kier alpha value is -2.79. The first-order valence-electron chi connectivity index (χ1n) is 9.37. The first kappa shape index (κ1) is 19.5. The van der Waals surface area contributed by atoms with Gasteiger partial charge in [-0.1, -0.05) is 78.9 Å². The molecule has 3 heteroatoms. The van der Waals surface area contributed by atoms with E-state index in [1.807, 2.05) is 18.2 Å². The molecular formula is C26H19FIN. The normalized spacial score (nSPS) is 10.8. The third-order valence-electron chi connectivity index (χ3n) is 5.24. The summed E-state index contributed by atoms with van der Waals surface area (Å²) in [5.74, 6) is 0. The summed E-state index contributed by atoms with van der Waals surface area (Å²) in [6.07, 6.45) is 1.69. The van der Waals surface area contributed by atoms with Crippen molar-refractivity contribution in [3.05, 3.63) is 103 Å². The molecule has 1 nitrogen and oxygen atoms in total. The van der Waals surface area contributed by atoms with Gasteiger partial charge in [-0.05, 0) is 55.9 Å². The number of aromatic nitrogens is 1. The molecule has 0 atom stereocenters. The number of nitrogens with zero attached hydrogens (tertiary/aromatic N) is 1. The SMILES string of the molecule is FCc1cc(-c2c3ccccc3c(-c3ccccc3)c3ccccc23)ccn1.I. The quantitative estimate of drug-likeness (QED) is 0.185. The van der Waals surface area contributed by atoms with Gasteiger partial charge in [0.2, 0.25) is 0 Å². The minimum absolute atomic E-state index is 0. The van der Waals surface area contributed by atoms with Crippen LogP contribution in [0.15, 0.2) is 97.2 Å². The number of rotatable bonds is 3. The molecule has 1 heterocycles. The average molecular weight is 491 g/mol. The molecule has 0 spiro atoms. The first-order chi connectivity index (χ1) is 13.9. The van der Waals surface area contributed by atoms with E-state index in [0.29, 0.717) is 5.69 Å². The van der Waals surface area contributed by atoms with Gasteiger partial charge < -0.3 is 0 Å². The van der Waals surface area contributed by atoms with Crippen molar-refractivity contribution in [1.29, 1.82) is 0 Å². The maximum Gasteiger partial charge on any atom is 0.131 e. The van der Waals surface area contributed by atoms with Gasteiger partial charge in [0.05, 0.1) is 5.69 Å². The van der Waals surface area contributed by atoms with Gasteiger partial charge in [0, 0.05) is 6.20 Å². The molecule has 0 saturated heterocycles. The van der Waals surface area contributed by atoms with Gasteiger partial charge in [0.15, 0.2) is 0 Å². The summed E-state index contributed by atoms with van der Waals surface area (Å²) in [6.45, 7) is -0.564. The van der Waals surface area contributed by atoms with Crippen molar-refractivity contribution < 1.29 is 4.39 Å². The van der Waals surface area contributed by atoms with Gasteiger partial charge in [-0.25, -0.2) is 4.39 Å². The topological polar surface area (TPSA) is 12.9 Å². The number of benzene rings is 4. The second-order valence-corrected chi connectivity index (χ2v) is 6.88. The van der Waals surface area contributed by atoms with Gasteiger partial charge in [-0.15, -0.1) is 24.0 Å². The van der Waals surface area contributed by atoms with Crippen LogP contribution in [0.3, 0.4) is 0 Å². The van der Waals surface area contributed by atoms with Crippen LogP contribution in [-0.2, 0) is 6.67 Å². The van der Waals surface area contributed by atoms with Crippen molar-refractivity contribution >= 4 is 45.5 Å². The fourth-order valence-electron chi connectivity index (χ4n) is 4.06. The molecule has 0 unspecified atom stereocenters. The number of alkyl halides is 1. The zero-order valence-electron chi connectivity index (χ0n) is 15.7. The lowest BCUT2D eigenvalue weighted by molar-refractivity contribution is 0.476. The zero-order chi connectivity index (χ0) is 18.9. The van der Waals surface area contributed by atoms with Crippen LogP contribution in [0.2, 0.25) is 0 Å². The summed E-state index contributed by atoms with van der Waals surface area (Å²) in [7, 11) is 0. The maximum atomic E-state index is 13.3. The predicted octanol–water partition coefficient (Wildman–Crippen LogP) is 7.81. The average Bonchev–Trinajstić information content (AvgIpc) is 2.78. The summed E-state index contributed by atoms with van der Waals surface area (Å²) in [5.41, 5.74) is 5.01. The maximum absolute atomic E-state index is 13.3. The molecular weight excluding hydrogens is 472 g/mol. The van der Waals surface area contributed by atoms with Crippen LogP contribution in [0.1, 0.15) is 5.69 Å². The molecule has 4 aromatic carbocycles. The summed E-state index contributed by atoms with van der Waals surface area (Å²) in [5, 5.41) is 4.72. The van der Waals surface area contributed by atoms with Crippen molar-refractivity contribution in [2.45, 2.75) is 6.67 Å². The molecule has 1 aromatic heterocycles. The summed E-state index contributed by atoms with van der Waals surface area (Å²) in [6, 6.07) is 31.2. The van der Waals surface area contributed by atoms with E-state index in [4.69, 9.17) is 0 Å². The predicted molar refractivity (Wildman–Crippen MR) is 130 cm³/mol. The highest BCUT2D eigenvalue weighted by atomic mass is 127. The van der Waals surface area contributed by atoms with Crippen LogP contribution in [0.25, 0.3) is 43.8 Å².